The highest BCUT2D eigenvalue weighted by molar-refractivity contribution is 14.1. The lowest BCUT2D eigenvalue weighted by atomic mass is 10.1. The van der Waals surface area contributed by atoms with Gasteiger partial charge in [0.1, 0.15) is 5.82 Å². The van der Waals surface area contributed by atoms with Gasteiger partial charge in [0, 0.05) is 13.3 Å². The lowest BCUT2D eigenvalue weighted by molar-refractivity contribution is 0.628. The molecule has 2 aromatic carbocycles. The van der Waals surface area contributed by atoms with Crippen molar-refractivity contribution >= 4 is 33.9 Å². The monoisotopic (exact) mass is 394 g/mol. The fraction of sp³-hybridized carbons (Fsp3) is 0.0588. The van der Waals surface area contributed by atoms with E-state index in [4.69, 9.17) is 0 Å². The van der Waals surface area contributed by atoms with Crippen molar-refractivity contribution < 1.29 is 4.39 Å². The molecule has 0 saturated heterocycles. The summed E-state index contributed by atoms with van der Waals surface area (Å²) in [6.45, 7) is 2.13. The Morgan fingerprint density at radius 2 is 1.60 bits per heavy atom. The summed E-state index contributed by atoms with van der Waals surface area (Å²) in [4.78, 5) is 2.42. The van der Waals surface area contributed by atoms with Crippen molar-refractivity contribution in [2.75, 3.05) is 0 Å². The summed E-state index contributed by atoms with van der Waals surface area (Å²) in [5.41, 5.74) is 3.61. The van der Waals surface area contributed by atoms with Crippen LogP contribution >= 0.6 is 33.9 Å². The number of halogens is 2. The summed E-state index contributed by atoms with van der Waals surface area (Å²) in [6, 6.07) is 17.4. The van der Waals surface area contributed by atoms with Crippen molar-refractivity contribution in [1.82, 2.24) is 0 Å². The second kappa shape index (κ2) is 5.66. The van der Waals surface area contributed by atoms with Crippen molar-refractivity contribution in [3.63, 3.8) is 0 Å². The van der Waals surface area contributed by atoms with Gasteiger partial charge in [0.15, 0.2) is 0 Å². The third-order valence-electron chi connectivity index (χ3n) is 3.20. The van der Waals surface area contributed by atoms with E-state index in [1.165, 1.54) is 36.6 Å². The van der Waals surface area contributed by atoms with Crippen molar-refractivity contribution in [2.24, 2.45) is 0 Å². The maximum atomic E-state index is 13.0. The van der Waals surface area contributed by atoms with E-state index in [-0.39, 0.29) is 5.82 Å². The molecule has 1 heterocycles. The average Bonchev–Trinajstić information content (AvgIpc) is 2.92. The molecule has 20 heavy (non-hydrogen) atoms. The highest BCUT2D eigenvalue weighted by Crippen LogP contribution is 2.36. The van der Waals surface area contributed by atoms with Crippen molar-refractivity contribution in [3.8, 4) is 20.9 Å². The van der Waals surface area contributed by atoms with E-state index in [1.807, 2.05) is 12.1 Å². The van der Waals surface area contributed by atoms with Crippen LogP contribution in [-0.4, -0.2) is 0 Å². The molecule has 100 valence electrons. The third-order valence-corrected chi connectivity index (χ3v) is 5.04. The van der Waals surface area contributed by atoms with Gasteiger partial charge in [-0.15, -0.1) is 11.3 Å². The van der Waals surface area contributed by atoms with E-state index in [9.17, 15) is 4.39 Å². The maximum Gasteiger partial charge on any atom is 0.123 e. The van der Waals surface area contributed by atoms with Gasteiger partial charge in [0.05, 0.1) is 0 Å². The zero-order chi connectivity index (χ0) is 14.1. The molecule has 0 aliphatic carbocycles. The fourth-order valence-electron chi connectivity index (χ4n) is 2.11. The summed E-state index contributed by atoms with van der Waals surface area (Å²) in [5, 5.41) is 0. The minimum atomic E-state index is -0.195. The molecule has 0 nitrogen and oxygen atoms in total. The van der Waals surface area contributed by atoms with Crippen molar-refractivity contribution in [1.29, 1.82) is 0 Å². The Kier molecular flexibility index (Phi) is 3.89. The molecule has 0 atom stereocenters. The third kappa shape index (κ3) is 2.79. The molecular formula is C17H12FIS. The second-order valence-corrected chi connectivity index (χ2v) is 6.96. The van der Waals surface area contributed by atoms with Gasteiger partial charge in [-0.25, -0.2) is 4.39 Å². The number of hydrogen-bond acceptors (Lipinski definition) is 1. The van der Waals surface area contributed by atoms with E-state index in [0.717, 1.165) is 5.56 Å². The van der Waals surface area contributed by atoms with Crippen LogP contribution in [0.1, 0.15) is 5.56 Å². The van der Waals surface area contributed by atoms with E-state index < -0.39 is 0 Å². The zero-order valence-electron chi connectivity index (χ0n) is 10.9. The topological polar surface area (TPSA) is 0 Å². The molecule has 0 aliphatic rings. The molecule has 0 aliphatic heterocycles. The van der Waals surface area contributed by atoms with E-state index >= 15 is 0 Å². The van der Waals surface area contributed by atoms with Gasteiger partial charge in [-0.2, -0.15) is 0 Å². The van der Waals surface area contributed by atoms with Gasteiger partial charge in [-0.1, -0.05) is 18.2 Å². The molecule has 0 amide bonds. The van der Waals surface area contributed by atoms with Crippen LogP contribution in [0.4, 0.5) is 4.39 Å². The van der Waals surface area contributed by atoms with Crippen molar-refractivity contribution in [2.45, 2.75) is 6.92 Å². The Morgan fingerprint density at radius 1 is 0.900 bits per heavy atom. The Morgan fingerprint density at radius 3 is 2.35 bits per heavy atom. The number of benzene rings is 2. The molecule has 0 spiro atoms. The van der Waals surface area contributed by atoms with E-state index in [0.29, 0.717) is 0 Å². The molecule has 1 aromatic heterocycles. The van der Waals surface area contributed by atoms with Gasteiger partial charge >= 0.3 is 0 Å². The average molecular weight is 394 g/mol. The first-order valence-electron chi connectivity index (χ1n) is 6.26. The van der Waals surface area contributed by atoms with Gasteiger partial charge in [0.25, 0.3) is 0 Å². The van der Waals surface area contributed by atoms with Gasteiger partial charge < -0.3 is 0 Å². The maximum absolute atomic E-state index is 13.0. The van der Waals surface area contributed by atoms with Gasteiger partial charge in [0.2, 0.25) is 0 Å². The summed E-state index contributed by atoms with van der Waals surface area (Å²) in [7, 11) is 0. The van der Waals surface area contributed by atoms with Crippen LogP contribution in [0.3, 0.4) is 0 Å². The molecule has 0 N–H and O–H groups in total. The Hall–Kier alpha value is -1.20. The summed E-state index contributed by atoms with van der Waals surface area (Å²) >= 11 is 4.08. The molecular weight excluding hydrogens is 382 g/mol. The largest absolute Gasteiger partial charge is 0.207 e. The molecule has 3 heteroatoms. The summed E-state index contributed by atoms with van der Waals surface area (Å²) in [5.74, 6) is -0.195. The molecule has 3 aromatic rings. The molecule has 0 saturated carbocycles. The zero-order valence-corrected chi connectivity index (χ0v) is 13.8. The lowest BCUT2D eigenvalue weighted by Crippen LogP contribution is -1.81. The van der Waals surface area contributed by atoms with Crippen LogP contribution in [0.25, 0.3) is 20.9 Å². The normalized spacial score (nSPS) is 10.8. The van der Waals surface area contributed by atoms with Gasteiger partial charge in [-0.3, -0.25) is 0 Å². The predicted molar refractivity (Wildman–Crippen MR) is 92.6 cm³/mol. The quantitative estimate of drug-likeness (QED) is 0.459. The predicted octanol–water partition coefficient (Wildman–Crippen LogP) is 6.13. The Bertz CT molecular complexity index is 744. The van der Waals surface area contributed by atoms with Gasteiger partial charge in [-0.05, 0) is 82.6 Å². The first kappa shape index (κ1) is 13.8. The van der Waals surface area contributed by atoms with E-state index in [1.54, 1.807) is 11.3 Å². The number of thiophene rings is 1. The SMILES string of the molecule is Cc1ccc(I)cc1-c1ccc(-c2ccc(F)cc2)s1. The van der Waals surface area contributed by atoms with Crippen LogP contribution in [0, 0.1) is 16.3 Å². The standard InChI is InChI=1S/C17H12FIS/c1-11-2-7-14(19)10-15(11)17-9-8-16(20-17)12-3-5-13(18)6-4-12/h2-10H,1H3. The molecule has 0 radical (unpaired) electrons. The van der Waals surface area contributed by atoms with Crippen LogP contribution in [0.5, 0.6) is 0 Å². The first-order valence-corrected chi connectivity index (χ1v) is 8.15. The first-order chi connectivity index (χ1) is 9.63. The minimum absolute atomic E-state index is 0.195. The minimum Gasteiger partial charge on any atom is -0.207 e. The Balaban J connectivity index is 2.01. The smallest absolute Gasteiger partial charge is 0.123 e. The lowest BCUT2D eigenvalue weighted by Gasteiger charge is -2.03. The summed E-state index contributed by atoms with van der Waals surface area (Å²) in [6.07, 6.45) is 0. The van der Waals surface area contributed by atoms with Crippen LogP contribution in [0.15, 0.2) is 54.6 Å². The van der Waals surface area contributed by atoms with Crippen LogP contribution < -0.4 is 0 Å². The fourth-order valence-corrected chi connectivity index (χ4v) is 3.70. The number of rotatable bonds is 2. The molecule has 3 rings (SSSR count). The summed E-state index contributed by atoms with van der Waals surface area (Å²) < 4.78 is 14.2. The molecule has 0 fully saturated rings. The molecule has 0 unspecified atom stereocenters. The van der Waals surface area contributed by atoms with E-state index in [2.05, 4.69) is 59.8 Å². The number of aryl methyl sites for hydroxylation is 1. The second-order valence-electron chi connectivity index (χ2n) is 4.63. The molecule has 0 bridgehead atoms. The number of hydrogen-bond donors (Lipinski definition) is 0. The highest BCUT2D eigenvalue weighted by Gasteiger charge is 2.08. The van der Waals surface area contributed by atoms with Crippen molar-refractivity contribution in [3.05, 3.63) is 69.5 Å². The highest BCUT2D eigenvalue weighted by atomic mass is 127. The Labute approximate surface area is 135 Å². The van der Waals surface area contributed by atoms with Crippen LogP contribution in [-0.2, 0) is 0 Å². The van der Waals surface area contributed by atoms with Crippen LogP contribution in [0.2, 0.25) is 0 Å².